The maximum absolute atomic E-state index is 13.0. The highest BCUT2D eigenvalue weighted by molar-refractivity contribution is 14.1. The lowest BCUT2D eigenvalue weighted by Crippen LogP contribution is -2.20. The van der Waals surface area contributed by atoms with E-state index in [1.165, 1.54) is 61.1 Å². The van der Waals surface area contributed by atoms with Gasteiger partial charge in [-0.1, -0.05) is 0 Å². The van der Waals surface area contributed by atoms with Crippen LogP contribution in [0, 0.1) is 19.5 Å². The van der Waals surface area contributed by atoms with Crippen LogP contribution in [0.2, 0.25) is 0 Å². The number of nitro benzene ring substituents is 1. The van der Waals surface area contributed by atoms with Crippen molar-refractivity contribution in [3.8, 4) is 11.5 Å². The molecule has 13 heteroatoms. The molecule has 2 amide bonds. The van der Waals surface area contributed by atoms with E-state index in [9.17, 15) is 24.1 Å². The molecule has 0 saturated carbocycles. The lowest BCUT2D eigenvalue weighted by atomic mass is 10.2. The number of anilines is 1. The van der Waals surface area contributed by atoms with Crippen LogP contribution in [-0.2, 0) is 4.79 Å². The van der Waals surface area contributed by atoms with Gasteiger partial charge in [0.05, 0.1) is 26.7 Å². The van der Waals surface area contributed by atoms with Crippen LogP contribution in [0.5, 0.6) is 11.5 Å². The van der Waals surface area contributed by atoms with Crippen molar-refractivity contribution in [2.45, 2.75) is 0 Å². The number of nitro groups is 1. The maximum atomic E-state index is 13.0. The molecule has 194 valence electrons. The van der Waals surface area contributed by atoms with Crippen LogP contribution in [0.15, 0.2) is 65.8 Å². The molecule has 2 N–H and O–H groups in total. The zero-order valence-corrected chi connectivity index (χ0v) is 22.5. The van der Waals surface area contributed by atoms with Crippen molar-refractivity contribution in [3.63, 3.8) is 0 Å². The second-order valence-electron chi connectivity index (χ2n) is 7.67. The molecule has 0 saturated heterocycles. The van der Waals surface area contributed by atoms with Gasteiger partial charge in [-0.05, 0) is 76.7 Å². The predicted molar refractivity (Wildman–Crippen MR) is 150 cm³/mol. The van der Waals surface area contributed by atoms with Crippen molar-refractivity contribution >= 4 is 73.4 Å². The zero-order chi connectivity index (χ0) is 27.2. The lowest BCUT2D eigenvalue weighted by Gasteiger charge is -2.13. The Bertz CT molecular complexity index is 1560. The molecule has 0 aliphatic heterocycles. The summed E-state index contributed by atoms with van der Waals surface area (Å²) in [5.41, 5.74) is 3.43. The van der Waals surface area contributed by atoms with Crippen molar-refractivity contribution in [2.75, 3.05) is 19.0 Å². The van der Waals surface area contributed by atoms with E-state index in [1.54, 1.807) is 24.3 Å². The fourth-order valence-corrected chi connectivity index (χ4v) is 5.01. The average Bonchev–Trinajstić information content (AvgIpc) is 3.33. The molecular weight excluding hydrogens is 630 g/mol. The van der Waals surface area contributed by atoms with Gasteiger partial charge < -0.3 is 14.8 Å². The van der Waals surface area contributed by atoms with E-state index < -0.39 is 22.6 Å². The molecule has 0 bridgehead atoms. The monoisotopic (exact) mass is 648 g/mol. The summed E-state index contributed by atoms with van der Waals surface area (Å²) in [6, 6.07) is 14.7. The first-order chi connectivity index (χ1) is 18.2. The number of nitrogens with one attached hydrogen (secondary N) is 2. The number of ether oxygens (including phenoxy) is 2. The number of benzene rings is 3. The van der Waals surface area contributed by atoms with E-state index in [1.807, 2.05) is 22.6 Å². The minimum absolute atomic E-state index is 0.0511. The molecule has 0 fully saturated rings. The van der Waals surface area contributed by atoms with Crippen LogP contribution in [0.4, 0.5) is 15.8 Å². The molecule has 4 aromatic rings. The summed E-state index contributed by atoms with van der Waals surface area (Å²) in [5.74, 6) is -0.596. The number of nitrogens with zero attached hydrogens (tertiary/aromatic N) is 2. The van der Waals surface area contributed by atoms with E-state index >= 15 is 0 Å². The lowest BCUT2D eigenvalue weighted by molar-refractivity contribution is -0.384. The van der Waals surface area contributed by atoms with E-state index in [4.69, 9.17) is 9.47 Å². The molecular formula is C25H18FIN4O6S. The maximum Gasteiger partial charge on any atom is 0.281 e. The van der Waals surface area contributed by atoms with Crippen molar-refractivity contribution in [1.29, 1.82) is 0 Å². The molecule has 1 heterocycles. The van der Waals surface area contributed by atoms with E-state index in [0.717, 1.165) is 4.70 Å². The summed E-state index contributed by atoms with van der Waals surface area (Å²) in [4.78, 5) is 35.5. The molecule has 4 rings (SSSR count). The van der Waals surface area contributed by atoms with Crippen LogP contribution in [0.1, 0.15) is 15.2 Å². The van der Waals surface area contributed by atoms with Crippen LogP contribution in [-0.4, -0.2) is 36.7 Å². The third-order valence-electron chi connectivity index (χ3n) is 5.04. The molecule has 0 aliphatic rings. The van der Waals surface area contributed by atoms with Gasteiger partial charge in [0.15, 0.2) is 18.1 Å². The highest BCUT2D eigenvalue weighted by Gasteiger charge is 2.15. The predicted octanol–water partition coefficient (Wildman–Crippen LogP) is 5.34. The zero-order valence-electron chi connectivity index (χ0n) is 19.6. The van der Waals surface area contributed by atoms with E-state index in [2.05, 4.69) is 15.8 Å². The van der Waals surface area contributed by atoms with Gasteiger partial charge >= 0.3 is 0 Å². The smallest absolute Gasteiger partial charge is 0.281 e. The molecule has 3 aromatic carbocycles. The quantitative estimate of drug-likeness (QED) is 0.109. The SMILES string of the molecule is COc1cc(/C=N\NC(=O)c2cc3cc([N+](=O)[O-])ccc3s2)cc(I)c1OCC(=O)Nc1ccc(F)cc1. The molecule has 0 spiro atoms. The number of rotatable bonds is 9. The number of thiophene rings is 1. The van der Waals surface area contributed by atoms with Gasteiger partial charge in [0.2, 0.25) is 0 Å². The molecule has 0 unspecified atom stereocenters. The van der Waals surface area contributed by atoms with Crippen LogP contribution in [0.25, 0.3) is 10.1 Å². The Morgan fingerprint density at radius 3 is 2.63 bits per heavy atom. The van der Waals surface area contributed by atoms with Gasteiger partial charge in [0, 0.05) is 27.9 Å². The van der Waals surface area contributed by atoms with Gasteiger partial charge in [-0.3, -0.25) is 19.7 Å². The topological polar surface area (TPSA) is 132 Å². The fraction of sp³-hybridized carbons (Fsp3) is 0.0800. The fourth-order valence-electron chi connectivity index (χ4n) is 3.30. The highest BCUT2D eigenvalue weighted by atomic mass is 127. The number of hydrogen-bond acceptors (Lipinski definition) is 8. The minimum atomic E-state index is -0.490. The summed E-state index contributed by atoms with van der Waals surface area (Å²) in [5, 5.41) is 18.2. The van der Waals surface area contributed by atoms with Crippen LogP contribution < -0.4 is 20.2 Å². The number of fused-ring (bicyclic) bond motifs is 1. The van der Waals surface area contributed by atoms with E-state index in [-0.39, 0.29) is 12.3 Å². The molecule has 0 aliphatic carbocycles. The van der Waals surface area contributed by atoms with Gasteiger partial charge in [0.25, 0.3) is 17.5 Å². The summed E-state index contributed by atoms with van der Waals surface area (Å²) in [6.07, 6.45) is 1.42. The molecule has 38 heavy (non-hydrogen) atoms. The Kier molecular flexibility index (Phi) is 8.48. The molecule has 1 aromatic heterocycles. The molecule has 10 nitrogen and oxygen atoms in total. The van der Waals surface area contributed by atoms with Crippen LogP contribution in [0.3, 0.4) is 0 Å². The van der Waals surface area contributed by atoms with Crippen molar-refractivity contribution in [3.05, 3.63) is 90.6 Å². The highest BCUT2D eigenvalue weighted by Crippen LogP contribution is 2.34. The standard InChI is InChI=1S/C25H18FIN4O6S/c1-36-20-9-14(8-19(27)24(20)37-13-23(32)29-17-4-2-16(26)3-5-17)12-28-30-25(33)22-11-15-10-18(31(34)35)6-7-21(15)38-22/h2-12H,13H2,1H3,(H,29,32)(H,30,33)/b28-12-. The largest absolute Gasteiger partial charge is 0.493 e. The number of halogens is 2. The average molecular weight is 648 g/mol. The first kappa shape index (κ1) is 26.9. The normalized spacial score (nSPS) is 10.9. The van der Waals surface area contributed by atoms with Gasteiger partial charge in [-0.15, -0.1) is 11.3 Å². The summed E-state index contributed by atoms with van der Waals surface area (Å²) >= 11 is 3.22. The number of carbonyl (C=O) groups is 2. The van der Waals surface area contributed by atoms with Crippen molar-refractivity contribution < 1.29 is 28.4 Å². The first-order valence-corrected chi connectivity index (χ1v) is 12.7. The Morgan fingerprint density at radius 2 is 1.92 bits per heavy atom. The summed E-state index contributed by atoms with van der Waals surface area (Å²) in [7, 11) is 1.45. The van der Waals surface area contributed by atoms with Crippen molar-refractivity contribution in [2.24, 2.45) is 5.10 Å². The number of amides is 2. The van der Waals surface area contributed by atoms with Gasteiger partial charge in [-0.25, -0.2) is 9.82 Å². The summed E-state index contributed by atoms with van der Waals surface area (Å²) in [6.45, 7) is -0.300. The van der Waals surface area contributed by atoms with Gasteiger partial charge in [-0.2, -0.15) is 5.10 Å². The first-order valence-electron chi connectivity index (χ1n) is 10.8. The number of carbonyl (C=O) groups excluding carboxylic acids is 2. The minimum Gasteiger partial charge on any atom is -0.493 e. The number of hydrogen-bond donors (Lipinski definition) is 2. The van der Waals surface area contributed by atoms with E-state index in [0.29, 0.717) is 36.6 Å². The van der Waals surface area contributed by atoms with Crippen molar-refractivity contribution in [1.82, 2.24) is 5.43 Å². The molecule has 0 atom stereocenters. The Labute approximate surface area is 232 Å². The second-order valence-corrected chi connectivity index (χ2v) is 9.91. The van der Waals surface area contributed by atoms with Crippen LogP contribution >= 0.6 is 33.9 Å². The Morgan fingerprint density at radius 1 is 1.16 bits per heavy atom. The third kappa shape index (κ3) is 6.60. The van der Waals surface area contributed by atoms with Gasteiger partial charge in [0.1, 0.15) is 5.82 Å². The Hall–Kier alpha value is -4.11. The summed E-state index contributed by atoms with van der Waals surface area (Å²) < 4.78 is 25.4. The number of hydrazone groups is 1. The second kappa shape index (κ2) is 12.0. The third-order valence-corrected chi connectivity index (χ3v) is 6.96. The Balaban J connectivity index is 1.39. The molecule has 0 radical (unpaired) electrons. The number of non-ortho nitro benzene ring substituents is 1. The number of methoxy groups -OCH3 is 1.